The third-order valence-electron chi connectivity index (χ3n) is 6.98. The number of β-amino-alcohol motifs (C(OH)–C–C–N with tert-alkyl or cyclic N) is 1. The van der Waals surface area contributed by atoms with Gasteiger partial charge in [0.05, 0.1) is 29.4 Å². The molecule has 0 aliphatic carbocycles. The zero-order valence-corrected chi connectivity index (χ0v) is 23.9. The van der Waals surface area contributed by atoms with Gasteiger partial charge in [-0.3, -0.25) is 14.7 Å². The smallest absolute Gasteiger partial charge is 0.275 e. The molecule has 11 nitrogen and oxygen atoms in total. The first-order chi connectivity index (χ1) is 18.8. The fourth-order valence-corrected chi connectivity index (χ4v) is 6.44. The fraction of sp³-hybridized carbons (Fsp3) is 0.519. The second-order valence-corrected chi connectivity index (χ2v) is 11.6. The van der Waals surface area contributed by atoms with Crippen LogP contribution < -0.4 is 10.3 Å². The molecule has 1 aromatic carbocycles. The lowest BCUT2D eigenvalue weighted by atomic mass is 10.1. The number of piperazine rings is 1. The van der Waals surface area contributed by atoms with Gasteiger partial charge in [0.25, 0.3) is 5.56 Å². The normalized spacial score (nSPS) is 15.5. The average molecular weight is 559 g/mol. The number of aliphatic imine (C=N–C) groups is 1. The predicted molar refractivity (Wildman–Crippen MR) is 152 cm³/mol. The molecule has 1 saturated heterocycles. The number of hydrogen-bond acceptors (Lipinski definition) is 8. The average Bonchev–Trinajstić information content (AvgIpc) is 3.19. The minimum atomic E-state index is -3.80. The minimum absolute atomic E-state index is 0.0402. The highest BCUT2D eigenvalue weighted by molar-refractivity contribution is 7.89. The third-order valence-corrected chi connectivity index (χ3v) is 8.88. The molecule has 0 spiro atoms. The van der Waals surface area contributed by atoms with E-state index in [1.165, 1.54) is 10.4 Å². The van der Waals surface area contributed by atoms with E-state index < -0.39 is 10.0 Å². The molecule has 2 aromatic heterocycles. The Morgan fingerprint density at radius 1 is 1.18 bits per heavy atom. The number of sulfonamides is 1. The monoisotopic (exact) mass is 558 g/mol. The number of aliphatic hydroxyl groups is 1. The predicted octanol–water partition coefficient (Wildman–Crippen LogP) is 2.09. The van der Waals surface area contributed by atoms with Crippen molar-refractivity contribution in [3.05, 3.63) is 45.4 Å². The number of rotatable bonds is 11. The first-order valence-corrected chi connectivity index (χ1v) is 14.9. The van der Waals surface area contributed by atoms with Crippen LogP contribution in [0.3, 0.4) is 0 Å². The van der Waals surface area contributed by atoms with Gasteiger partial charge in [-0.2, -0.15) is 4.31 Å². The Morgan fingerprint density at radius 3 is 2.56 bits per heavy atom. The number of ether oxygens (including phenoxy) is 1. The van der Waals surface area contributed by atoms with Gasteiger partial charge in [-0.15, -0.1) is 5.10 Å². The van der Waals surface area contributed by atoms with Gasteiger partial charge < -0.3 is 14.8 Å². The van der Waals surface area contributed by atoms with E-state index >= 15 is 0 Å². The number of aryl methyl sites for hydroxylation is 2. The van der Waals surface area contributed by atoms with E-state index in [4.69, 9.17) is 9.84 Å². The first-order valence-electron chi connectivity index (χ1n) is 13.4. The van der Waals surface area contributed by atoms with Crippen LogP contribution in [0.2, 0.25) is 0 Å². The van der Waals surface area contributed by atoms with Crippen LogP contribution in [0.1, 0.15) is 43.5 Å². The summed E-state index contributed by atoms with van der Waals surface area (Å²) in [6, 6.07) is 4.71. The van der Waals surface area contributed by atoms with E-state index in [0.29, 0.717) is 62.6 Å². The van der Waals surface area contributed by atoms with Gasteiger partial charge in [-0.1, -0.05) is 20.3 Å². The number of aliphatic hydroxyl groups excluding tert-OH is 1. The Kier molecular flexibility index (Phi) is 9.21. The van der Waals surface area contributed by atoms with Crippen LogP contribution in [0.25, 0.3) is 16.9 Å². The van der Waals surface area contributed by atoms with E-state index in [9.17, 15) is 18.3 Å². The molecular formula is C27H38N6O5S. The highest BCUT2D eigenvalue weighted by Crippen LogP contribution is 2.32. The van der Waals surface area contributed by atoms with Gasteiger partial charge >= 0.3 is 0 Å². The summed E-state index contributed by atoms with van der Waals surface area (Å²) in [7, 11) is -2.11. The van der Waals surface area contributed by atoms with Crippen molar-refractivity contribution in [1.82, 2.24) is 23.8 Å². The van der Waals surface area contributed by atoms with Crippen molar-refractivity contribution in [2.24, 2.45) is 4.99 Å². The number of aromatic amines is 1. The van der Waals surface area contributed by atoms with Crippen molar-refractivity contribution in [2.45, 2.75) is 44.9 Å². The van der Waals surface area contributed by atoms with Crippen LogP contribution in [-0.4, -0.2) is 96.5 Å². The Bertz CT molecular complexity index is 1500. The van der Waals surface area contributed by atoms with Crippen molar-refractivity contribution in [3.63, 3.8) is 0 Å². The van der Waals surface area contributed by atoms with Crippen LogP contribution in [0.5, 0.6) is 5.75 Å². The summed E-state index contributed by atoms with van der Waals surface area (Å²) < 4.78 is 36.3. The molecule has 0 radical (unpaired) electrons. The maximum absolute atomic E-state index is 13.6. The molecule has 0 amide bonds. The molecule has 3 heterocycles. The number of H-pyrrole nitrogens is 1. The summed E-state index contributed by atoms with van der Waals surface area (Å²) in [5.41, 5.74) is 3.07. The van der Waals surface area contributed by atoms with Gasteiger partial charge in [0.1, 0.15) is 11.3 Å². The summed E-state index contributed by atoms with van der Waals surface area (Å²) in [5, 5.41) is 14.0. The molecule has 1 aliphatic heterocycles. The van der Waals surface area contributed by atoms with Gasteiger partial charge in [0.2, 0.25) is 10.0 Å². The molecule has 12 heteroatoms. The second-order valence-electron chi connectivity index (χ2n) is 9.66. The highest BCUT2D eigenvalue weighted by Gasteiger charge is 2.30. The lowest BCUT2D eigenvalue weighted by Gasteiger charge is -2.33. The van der Waals surface area contributed by atoms with Crippen molar-refractivity contribution in [1.29, 1.82) is 0 Å². The molecule has 0 saturated carbocycles. The maximum Gasteiger partial charge on any atom is 0.275 e. The van der Waals surface area contributed by atoms with Gasteiger partial charge in [0, 0.05) is 51.5 Å². The Labute approximate surface area is 229 Å². The number of nitrogens with zero attached hydrogens (tertiary/aromatic N) is 5. The van der Waals surface area contributed by atoms with Crippen molar-refractivity contribution < 1.29 is 18.3 Å². The number of fused-ring (bicyclic) bond motifs is 1. The molecule has 0 atom stereocenters. The van der Waals surface area contributed by atoms with Crippen molar-refractivity contribution in [3.8, 4) is 17.1 Å². The SMILES string of the molecule is CCCOc1ccc(S(=O)(=O)N2CCN(CCO)CC2)cc1-c1nn2c(CCC)c(C=NC)c(C)c2c(=O)[nH]1. The lowest BCUT2D eigenvalue weighted by molar-refractivity contribution is 0.151. The molecule has 2 N–H and O–H groups in total. The van der Waals surface area contributed by atoms with Crippen LogP contribution >= 0.6 is 0 Å². The van der Waals surface area contributed by atoms with Gasteiger partial charge in [-0.05, 0) is 43.5 Å². The summed E-state index contributed by atoms with van der Waals surface area (Å²) in [6.45, 7) is 8.67. The van der Waals surface area contributed by atoms with E-state index in [1.54, 1.807) is 29.9 Å². The van der Waals surface area contributed by atoms with E-state index in [1.807, 2.05) is 18.7 Å². The van der Waals surface area contributed by atoms with E-state index in [2.05, 4.69) is 16.9 Å². The molecule has 212 valence electrons. The summed E-state index contributed by atoms with van der Waals surface area (Å²) in [4.78, 5) is 22.6. The number of benzene rings is 1. The molecule has 39 heavy (non-hydrogen) atoms. The number of hydrogen-bond donors (Lipinski definition) is 2. The van der Waals surface area contributed by atoms with Gasteiger partial charge in [-0.25, -0.2) is 12.9 Å². The highest BCUT2D eigenvalue weighted by atomic mass is 32.2. The molecule has 0 bridgehead atoms. The Hall–Kier alpha value is -3.06. The summed E-state index contributed by atoms with van der Waals surface area (Å²) in [6.07, 6.45) is 4.06. The molecular weight excluding hydrogens is 520 g/mol. The quantitative estimate of drug-likeness (QED) is 0.344. The van der Waals surface area contributed by atoms with Crippen LogP contribution in [0, 0.1) is 6.92 Å². The summed E-state index contributed by atoms with van der Waals surface area (Å²) >= 11 is 0. The molecule has 1 aliphatic rings. The second kappa shape index (κ2) is 12.4. The third kappa shape index (κ3) is 5.79. The minimum Gasteiger partial charge on any atom is -0.493 e. The lowest BCUT2D eigenvalue weighted by Crippen LogP contribution is -2.49. The van der Waals surface area contributed by atoms with Crippen LogP contribution in [-0.2, 0) is 16.4 Å². The number of aromatic nitrogens is 3. The van der Waals surface area contributed by atoms with Crippen LogP contribution in [0.15, 0.2) is 32.9 Å². The van der Waals surface area contributed by atoms with Gasteiger partial charge in [0.15, 0.2) is 5.82 Å². The zero-order valence-electron chi connectivity index (χ0n) is 23.1. The summed E-state index contributed by atoms with van der Waals surface area (Å²) in [5.74, 6) is 0.679. The van der Waals surface area contributed by atoms with E-state index in [-0.39, 0.29) is 22.9 Å². The van der Waals surface area contributed by atoms with Crippen molar-refractivity contribution >= 4 is 21.8 Å². The standard InChI is InChI=1S/C27H38N6O5S/c1-5-7-23-22(18-28-4)19(3)25-27(35)29-26(30-33(23)25)21-17-20(8-9-24(21)38-16-6-2)39(36,37)32-12-10-31(11-13-32)14-15-34/h8-9,17-18,34H,5-7,10-16H2,1-4H3,(H,29,30,35). The van der Waals surface area contributed by atoms with Crippen LogP contribution in [0.4, 0.5) is 0 Å². The topological polar surface area (TPSA) is 133 Å². The number of nitrogens with one attached hydrogen (secondary N) is 1. The fourth-order valence-electron chi connectivity index (χ4n) is 5.00. The zero-order chi connectivity index (χ0) is 28.2. The maximum atomic E-state index is 13.6. The van der Waals surface area contributed by atoms with Crippen molar-refractivity contribution in [2.75, 3.05) is 53.0 Å². The Morgan fingerprint density at radius 2 is 1.92 bits per heavy atom. The Balaban J connectivity index is 1.84. The largest absolute Gasteiger partial charge is 0.493 e. The molecule has 4 rings (SSSR count). The molecule has 0 unspecified atom stereocenters. The first kappa shape index (κ1) is 28.9. The van der Waals surface area contributed by atoms with E-state index in [0.717, 1.165) is 29.7 Å². The molecule has 1 fully saturated rings. The molecule has 3 aromatic rings.